The molecule has 0 saturated carbocycles. The number of amides is 2. The van der Waals surface area contributed by atoms with Gasteiger partial charge in [0.1, 0.15) is 0 Å². The van der Waals surface area contributed by atoms with E-state index in [1.807, 2.05) is 24.0 Å². The smallest absolute Gasteiger partial charge is 0.253 e. The molecule has 1 unspecified atom stereocenters. The van der Waals surface area contributed by atoms with Crippen molar-refractivity contribution >= 4 is 17.5 Å². The second kappa shape index (κ2) is 8.85. The van der Waals surface area contributed by atoms with Crippen LogP contribution in [0.5, 0.6) is 0 Å². The van der Waals surface area contributed by atoms with Crippen LogP contribution < -0.4 is 11.1 Å². The monoisotopic (exact) mass is 373 g/mol. The van der Waals surface area contributed by atoms with E-state index in [1.165, 1.54) is 0 Å². The van der Waals surface area contributed by atoms with E-state index in [1.54, 1.807) is 6.07 Å². The van der Waals surface area contributed by atoms with Crippen LogP contribution in [0.25, 0.3) is 0 Å². The van der Waals surface area contributed by atoms with Crippen molar-refractivity contribution in [3.63, 3.8) is 0 Å². The normalized spacial score (nSPS) is 20.3. The van der Waals surface area contributed by atoms with Crippen molar-refractivity contribution < 1.29 is 14.3 Å². The predicted octanol–water partition coefficient (Wildman–Crippen LogP) is 2.56. The van der Waals surface area contributed by atoms with Crippen molar-refractivity contribution in [1.82, 2.24) is 4.90 Å². The molecule has 2 amide bonds. The number of aryl methyl sites for hydroxylation is 1. The van der Waals surface area contributed by atoms with Gasteiger partial charge in [0.2, 0.25) is 5.91 Å². The van der Waals surface area contributed by atoms with E-state index in [9.17, 15) is 9.59 Å². The highest BCUT2D eigenvalue weighted by molar-refractivity contribution is 5.98. The largest absolute Gasteiger partial charge is 0.381 e. The molecule has 6 heteroatoms. The molecule has 2 aliphatic rings. The van der Waals surface area contributed by atoms with E-state index in [2.05, 4.69) is 12.2 Å². The van der Waals surface area contributed by atoms with Gasteiger partial charge in [-0.15, -0.1) is 0 Å². The van der Waals surface area contributed by atoms with Crippen LogP contribution in [0, 0.1) is 18.8 Å². The highest BCUT2D eigenvalue weighted by Crippen LogP contribution is 2.23. The molecular weight excluding hydrogens is 342 g/mol. The molecule has 0 radical (unpaired) electrons. The lowest BCUT2D eigenvalue weighted by Gasteiger charge is -2.30. The van der Waals surface area contributed by atoms with Gasteiger partial charge in [-0.2, -0.15) is 0 Å². The summed E-state index contributed by atoms with van der Waals surface area (Å²) in [4.78, 5) is 27.1. The Hall–Kier alpha value is -1.92. The summed E-state index contributed by atoms with van der Waals surface area (Å²) in [5.41, 5.74) is 8.41. The molecule has 1 aromatic carbocycles. The summed E-state index contributed by atoms with van der Waals surface area (Å²) in [7, 11) is 0. The van der Waals surface area contributed by atoms with E-state index in [-0.39, 0.29) is 17.7 Å². The van der Waals surface area contributed by atoms with Crippen LogP contribution in [-0.4, -0.2) is 49.1 Å². The second-order valence-electron chi connectivity index (χ2n) is 7.97. The Balaban J connectivity index is 1.62. The third kappa shape index (κ3) is 4.87. The van der Waals surface area contributed by atoms with E-state index in [0.717, 1.165) is 44.3 Å². The SMILES string of the molecule is Cc1cc(C(=O)N2CCC(C)CC2)ccc1NC(=O)C(N)C1CCOCC1. The molecule has 6 nitrogen and oxygen atoms in total. The highest BCUT2D eigenvalue weighted by Gasteiger charge is 2.27. The van der Waals surface area contributed by atoms with Gasteiger partial charge in [0.05, 0.1) is 6.04 Å². The first kappa shape index (κ1) is 19.8. The van der Waals surface area contributed by atoms with Crippen LogP contribution in [0.3, 0.4) is 0 Å². The number of nitrogens with one attached hydrogen (secondary N) is 1. The Bertz CT molecular complexity index is 677. The molecule has 27 heavy (non-hydrogen) atoms. The van der Waals surface area contributed by atoms with Crippen LogP contribution >= 0.6 is 0 Å². The number of hydrogen-bond acceptors (Lipinski definition) is 4. The third-order valence-electron chi connectivity index (χ3n) is 5.88. The summed E-state index contributed by atoms with van der Waals surface area (Å²) in [5.74, 6) is 0.741. The Morgan fingerprint density at radius 1 is 1.19 bits per heavy atom. The van der Waals surface area contributed by atoms with Crippen molar-refractivity contribution in [2.75, 3.05) is 31.6 Å². The number of carbonyl (C=O) groups is 2. The Kier molecular flexibility index (Phi) is 6.50. The Morgan fingerprint density at radius 3 is 2.48 bits per heavy atom. The molecule has 0 aliphatic carbocycles. The number of anilines is 1. The molecule has 2 aliphatic heterocycles. The lowest BCUT2D eigenvalue weighted by molar-refractivity contribution is -0.119. The van der Waals surface area contributed by atoms with E-state index >= 15 is 0 Å². The number of nitrogens with zero attached hydrogens (tertiary/aromatic N) is 1. The van der Waals surface area contributed by atoms with E-state index in [4.69, 9.17) is 10.5 Å². The lowest BCUT2D eigenvalue weighted by atomic mass is 9.91. The molecule has 0 bridgehead atoms. The molecule has 0 spiro atoms. The third-order valence-corrected chi connectivity index (χ3v) is 5.88. The number of carbonyl (C=O) groups excluding carboxylic acids is 2. The fraction of sp³-hybridized carbons (Fsp3) is 0.619. The van der Waals surface area contributed by atoms with Crippen LogP contribution in [0.2, 0.25) is 0 Å². The molecule has 2 heterocycles. The maximum atomic E-state index is 12.7. The molecule has 0 aromatic heterocycles. The van der Waals surface area contributed by atoms with Gasteiger partial charge in [-0.3, -0.25) is 9.59 Å². The predicted molar refractivity (Wildman–Crippen MR) is 106 cm³/mol. The number of nitrogens with two attached hydrogens (primary N) is 1. The first-order valence-corrected chi connectivity index (χ1v) is 10.00. The maximum Gasteiger partial charge on any atom is 0.253 e. The van der Waals surface area contributed by atoms with E-state index < -0.39 is 6.04 Å². The Morgan fingerprint density at radius 2 is 1.85 bits per heavy atom. The first-order valence-electron chi connectivity index (χ1n) is 10.00. The van der Waals surface area contributed by atoms with Crippen molar-refractivity contribution in [3.8, 4) is 0 Å². The van der Waals surface area contributed by atoms with Crippen LogP contribution in [-0.2, 0) is 9.53 Å². The fourth-order valence-corrected chi connectivity index (χ4v) is 3.84. The number of rotatable bonds is 4. The average Bonchev–Trinajstić information content (AvgIpc) is 2.69. The summed E-state index contributed by atoms with van der Waals surface area (Å²) in [6, 6.07) is 4.92. The number of hydrogen-bond donors (Lipinski definition) is 2. The average molecular weight is 373 g/mol. The fourth-order valence-electron chi connectivity index (χ4n) is 3.84. The molecule has 3 N–H and O–H groups in total. The van der Waals surface area contributed by atoms with Gasteiger partial charge in [0.25, 0.3) is 5.91 Å². The molecule has 3 rings (SSSR count). The summed E-state index contributed by atoms with van der Waals surface area (Å²) in [6.07, 6.45) is 3.75. The second-order valence-corrected chi connectivity index (χ2v) is 7.97. The molecule has 1 atom stereocenters. The lowest BCUT2D eigenvalue weighted by Crippen LogP contribution is -2.44. The van der Waals surface area contributed by atoms with Crippen molar-refractivity contribution in [3.05, 3.63) is 29.3 Å². The van der Waals surface area contributed by atoms with Gasteiger partial charge in [-0.25, -0.2) is 0 Å². The summed E-state index contributed by atoms with van der Waals surface area (Å²) in [6.45, 7) is 7.10. The zero-order valence-electron chi connectivity index (χ0n) is 16.4. The van der Waals surface area contributed by atoms with E-state index in [0.29, 0.717) is 30.4 Å². The Labute approximate surface area is 161 Å². The molecular formula is C21H31N3O3. The van der Waals surface area contributed by atoms with Crippen LogP contribution in [0.15, 0.2) is 18.2 Å². The van der Waals surface area contributed by atoms with Crippen molar-refractivity contribution in [2.45, 2.75) is 45.6 Å². The zero-order chi connectivity index (χ0) is 19.4. The quantitative estimate of drug-likeness (QED) is 0.849. The minimum atomic E-state index is -0.537. The number of piperidine rings is 1. The minimum Gasteiger partial charge on any atom is -0.381 e. The van der Waals surface area contributed by atoms with Gasteiger partial charge < -0.3 is 20.7 Å². The highest BCUT2D eigenvalue weighted by atomic mass is 16.5. The zero-order valence-corrected chi connectivity index (χ0v) is 16.4. The van der Waals surface area contributed by atoms with Crippen molar-refractivity contribution in [1.29, 1.82) is 0 Å². The van der Waals surface area contributed by atoms with Crippen LogP contribution in [0.1, 0.15) is 48.5 Å². The van der Waals surface area contributed by atoms with Gasteiger partial charge in [-0.05, 0) is 68.2 Å². The number of ether oxygens (including phenoxy) is 1. The molecule has 2 fully saturated rings. The molecule has 2 saturated heterocycles. The standard InChI is InChI=1S/C21H31N3O3/c1-14-5-9-24(10-6-14)21(26)17-3-4-18(15(2)13-17)23-20(25)19(22)16-7-11-27-12-8-16/h3-4,13-14,16,19H,5-12,22H2,1-2H3,(H,23,25). The number of likely N-dealkylation sites (tertiary alicyclic amines) is 1. The van der Waals surface area contributed by atoms with Gasteiger partial charge >= 0.3 is 0 Å². The molecule has 1 aromatic rings. The first-order chi connectivity index (χ1) is 13.0. The summed E-state index contributed by atoms with van der Waals surface area (Å²) in [5, 5.41) is 2.93. The van der Waals surface area contributed by atoms with Crippen LogP contribution in [0.4, 0.5) is 5.69 Å². The van der Waals surface area contributed by atoms with Gasteiger partial charge in [-0.1, -0.05) is 6.92 Å². The summed E-state index contributed by atoms with van der Waals surface area (Å²) >= 11 is 0. The van der Waals surface area contributed by atoms with Crippen molar-refractivity contribution in [2.24, 2.45) is 17.6 Å². The van der Waals surface area contributed by atoms with Gasteiger partial charge in [0.15, 0.2) is 0 Å². The topological polar surface area (TPSA) is 84.7 Å². The summed E-state index contributed by atoms with van der Waals surface area (Å²) < 4.78 is 5.34. The molecule has 148 valence electrons. The minimum absolute atomic E-state index is 0.0711. The van der Waals surface area contributed by atoms with Gasteiger partial charge in [0, 0.05) is 37.6 Å². The maximum absolute atomic E-state index is 12.7. The number of benzene rings is 1.